The van der Waals surface area contributed by atoms with Crippen LogP contribution in [0, 0.1) is 5.82 Å². The first-order valence-electron chi connectivity index (χ1n) is 7.57. The number of carbonyl (C=O) groups excluding carboxylic acids is 2. The molecule has 128 valence electrons. The van der Waals surface area contributed by atoms with Gasteiger partial charge in [-0.1, -0.05) is 18.2 Å². The average molecular weight is 341 g/mol. The van der Waals surface area contributed by atoms with Gasteiger partial charge in [-0.05, 0) is 36.4 Å². The van der Waals surface area contributed by atoms with Gasteiger partial charge >= 0.3 is 0 Å². The van der Waals surface area contributed by atoms with Crippen molar-refractivity contribution in [1.82, 2.24) is 5.43 Å². The van der Waals surface area contributed by atoms with Crippen LogP contribution < -0.4 is 21.6 Å². The second kappa shape index (κ2) is 7.00. The molecule has 0 aliphatic carbocycles. The van der Waals surface area contributed by atoms with Gasteiger partial charge in [0.2, 0.25) is 5.91 Å². The molecule has 7 nitrogen and oxygen atoms in total. The number of para-hydroxylation sites is 1. The number of rotatable bonds is 5. The number of anilines is 2. The molecule has 25 heavy (non-hydrogen) atoms. The number of hydrogen-bond acceptors (Lipinski definition) is 5. The number of nitrogens with one attached hydrogen (secondary N) is 2. The van der Waals surface area contributed by atoms with Crippen LogP contribution in [-0.2, 0) is 9.59 Å². The van der Waals surface area contributed by atoms with E-state index in [9.17, 15) is 14.0 Å². The first-order chi connectivity index (χ1) is 12.0. The summed E-state index contributed by atoms with van der Waals surface area (Å²) in [5, 5.41) is 5.66. The Morgan fingerprint density at radius 1 is 1.12 bits per heavy atom. The van der Waals surface area contributed by atoms with Crippen molar-refractivity contribution in [3.8, 4) is 0 Å². The molecule has 0 bridgehead atoms. The van der Waals surface area contributed by atoms with E-state index in [1.165, 1.54) is 29.3 Å². The molecule has 0 spiro atoms. The average Bonchev–Trinajstić information content (AvgIpc) is 3.07. The minimum atomic E-state index is -0.728. The third-order valence-corrected chi connectivity index (χ3v) is 3.69. The van der Waals surface area contributed by atoms with Gasteiger partial charge in [0.05, 0.1) is 11.4 Å². The van der Waals surface area contributed by atoms with E-state index >= 15 is 0 Å². The Balaban J connectivity index is 1.71. The summed E-state index contributed by atoms with van der Waals surface area (Å²) in [6.07, 6.45) is 0.0984. The first-order valence-corrected chi connectivity index (χ1v) is 7.57. The topological polar surface area (TPSA) is 99.8 Å². The number of amides is 2. The molecule has 0 radical (unpaired) electrons. The number of hydrogen-bond donors (Lipinski definition) is 3. The van der Waals surface area contributed by atoms with E-state index in [1.807, 2.05) is 6.07 Å². The van der Waals surface area contributed by atoms with Crippen LogP contribution >= 0.6 is 0 Å². The van der Waals surface area contributed by atoms with E-state index in [0.29, 0.717) is 11.4 Å². The van der Waals surface area contributed by atoms with Gasteiger partial charge in [0.25, 0.3) is 5.91 Å². The van der Waals surface area contributed by atoms with Gasteiger partial charge in [-0.15, -0.1) is 0 Å². The summed E-state index contributed by atoms with van der Waals surface area (Å²) >= 11 is 0. The summed E-state index contributed by atoms with van der Waals surface area (Å²) in [5.41, 5.74) is 11.9. The zero-order chi connectivity index (χ0) is 17.8. The van der Waals surface area contributed by atoms with Crippen LogP contribution in [0.4, 0.5) is 15.8 Å². The monoisotopic (exact) mass is 341 g/mol. The molecule has 3 rings (SSSR count). The Morgan fingerprint density at radius 3 is 2.44 bits per heavy atom. The molecule has 0 aromatic heterocycles. The van der Waals surface area contributed by atoms with E-state index in [-0.39, 0.29) is 17.9 Å². The van der Waals surface area contributed by atoms with E-state index in [4.69, 9.17) is 5.73 Å². The minimum absolute atomic E-state index is 0.0984. The highest BCUT2D eigenvalue weighted by Crippen LogP contribution is 2.24. The first kappa shape index (κ1) is 16.4. The zero-order valence-corrected chi connectivity index (χ0v) is 13.1. The number of nitrogens with zero attached hydrogens (tertiary/aromatic N) is 2. The molecule has 8 heteroatoms. The molecule has 1 heterocycles. The second-order valence-electron chi connectivity index (χ2n) is 5.44. The minimum Gasteiger partial charge on any atom is -0.368 e. The molecule has 0 saturated carbocycles. The molecule has 1 aliphatic rings. The molecule has 2 aromatic carbocycles. The third kappa shape index (κ3) is 3.74. The van der Waals surface area contributed by atoms with Crippen LogP contribution in [0.2, 0.25) is 0 Å². The number of carbonyl (C=O) groups is 2. The van der Waals surface area contributed by atoms with Crippen molar-refractivity contribution in [2.75, 3.05) is 10.4 Å². The lowest BCUT2D eigenvalue weighted by Crippen LogP contribution is -2.40. The van der Waals surface area contributed by atoms with Crippen LogP contribution in [0.5, 0.6) is 0 Å². The third-order valence-electron chi connectivity index (χ3n) is 3.69. The normalized spacial score (nSPS) is 16.3. The number of hydrazine groups is 1. The summed E-state index contributed by atoms with van der Waals surface area (Å²) in [4.78, 5) is 24.0. The Labute approximate surface area is 143 Å². The fourth-order valence-corrected chi connectivity index (χ4v) is 2.42. The predicted molar refractivity (Wildman–Crippen MR) is 92.1 cm³/mol. The predicted octanol–water partition coefficient (Wildman–Crippen LogP) is 1.39. The molecule has 0 saturated heterocycles. The van der Waals surface area contributed by atoms with Crippen LogP contribution in [0.25, 0.3) is 0 Å². The standard InChI is InChI=1S/C17H16FN5O2/c18-11-6-8-12(9-7-11)20-21-17(25)14-10-15(16(19)24)23(22-14)13-4-2-1-3-5-13/h1-9,15,20H,10H2,(H2,19,24)(H,21,25)/t15-/m1/s1. The highest BCUT2D eigenvalue weighted by molar-refractivity contribution is 6.40. The number of hydrazone groups is 1. The quantitative estimate of drug-likeness (QED) is 0.716. The van der Waals surface area contributed by atoms with Crippen molar-refractivity contribution >= 4 is 28.9 Å². The summed E-state index contributed by atoms with van der Waals surface area (Å²) in [6.45, 7) is 0. The lowest BCUT2D eigenvalue weighted by molar-refractivity contribution is -0.119. The summed E-state index contributed by atoms with van der Waals surface area (Å²) in [6, 6.07) is 13.8. The van der Waals surface area contributed by atoms with E-state index < -0.39 is 17.9 Å². The summed E-state index contributed by atoms with van der Waals surface area (Å²) in [5.74, 6) is -1.43. The van der Waals surface area contributed by atoms with Crippen molar-refractivity contribution < 1.29 is 14.0 Å². The van der Waals surface area contributed by atoms with Crippen molar-refractivity contribution in [2.45, 2.75) is 12.5 Å². The SMILES string of the molecule is NC(=O)[C@H]1CC(C(=O)NNc2ccc(F)cc2)=NN1c1ccccc1. The van der Waals surface area contributed by atoms with Crippen LogP contribution in [-0.4, -0.2) is 23.6 Å². The number of benzene rings is 2. The lowest BCUT2D eigenvalue weighted by atomic mass is 10.1. The van der Waals surface area contributed by atoms with Crippen LogP contribution in [0.15, 0.2) is 59.7 Å². The zero-order valence-electron chi connectivity index (χ0n) is 13.1. The molecule has 1 atom stereocenters. The van der Waals surface area contributed by atoms with Crippen molar-refractivity contribution in [3.05, 3.63) is 60.4 Å². The van der Waals surface area contributed by atoms with Gasteiger partial charge < -0.3 is 5.73 Å². The fourth-order valence-electron chi connectivity index (χ4n) is 2.42. The van der Waals surface area contributed by atoms with Gasteiger partial charge in [0.15, 0.2) is 0 Å². The Kier molecular flexibility index (Phi) is 4.60. The largest absolute Gasteiger partial charge is 0.368 e. The van der Waals surface area contributed by atoms with E-state index in [2.05, 4.69) is 16.0 Å². The van der Waals surface area contributed by atoms with E-state index in [1.54, 1.807) is 24.3 Å². The molecule has 2 amide bonds. The smallest absolute Gasteiger partial charge is 0.285 e. The molecule has 1 aliphatic heterocycles. The number of nitrogens with two attached hydrogens (primary N) is 1. The van der Waals surface area contributed by atoms with Crippen molar-refractivity contribution in [3.63, 3.8) is 0 Å². The van der Waals surface area contributed by atoms with Crippen LogP contribution in [0.1, 0.15) is 6.42 Å². The molecule has 4 N–H and O–H groups in total. The molecule has 0 unspecified atom stereocenters. The lowest BCUT2D eigenvalue weighted by Gasteiger charge is -2.20. The van der Waals surface area contributed by atoms with Gasteiger partial charge in [0, 0.05) is 6.42 Å². The van der Waals surface area contributed by atoms with Gasteiger partial charge in [-0.3, -0.25) is 25.4 Å². The second-order valence-corrected chi connectivity index (χ2v) is 5.44. The maximum atomic E-state index is 12.9. The van der Waals surface area contributed by atoms with E-state index in [0.717, 1.165) is 0 Å². The van der Waals surface area contributed by atoms with Gasteiger partial charge in [-0.25, -0.2) is 4.39 Å². The maximum absolute atomic E-state index is 12.9. The van der Waals surface area contributed by atoms with Gasteiger partial charge in [-0.2, -0.15) is 5.10 Å². The number of primary amides is 1. The summed E-state index contributed by atoms with van der Waals surface area (Å²) < 4.78 is 12.9. The Hall–Kier alpha value is -3.42. The summed E-state index contributed by atoms with van der Waals surface area (Å²) in [7, 11) is 0. The Bertz CT molecular complexity index is 808. The molecule has 0 fully saturated rings. The number of halogens is 1. The van der Waals surface area contributed by atoms with Crippen LogP contribution in [0.3, 0.4) is 0 Å². The van der Waals surface area contributed by atoms with Gasteiger partial charge in [0.1, 0.15) is 17.6 Å². The maximum Gasteiger partial charge on any atom is 0.285 e. The van der Waals surface area contributed by atoms with Crippen molar-refractivity contribution in [2.24, 2.45) is 10.8 Å². The molecular formula is C17H16FN5O2. The fraction of sp³-hybridized carbons (Fsp3) is 0.118. The highest BCUT2D eigenvalue weighted by atomic mass is 19.1. The Morgan fingerprint density at radius 2 is 1.80 bits per heavy atom. The molecule has 2 aromatic rings. The van der Waals surface area contributed by atoms with Crippen molar-refractivity contribution in [1.29, 1.82) is 0 Å². The highest BCUT2D eigenvalue weighted by Gasteiger charge is 2.34. The molecular weight excluding hydrogens is 325 g/mol.